The first-order chi connectivity index (χ1) is 9.69. The van der Waals surface area contributed by atoms with Crippen LogP contribution in [0.2, 0.25) is 0 Å². The summed E-state index contributed by atoms with van der Waals surface area (Å²) in [6, 6.07) is -0.339. The number of ether oxygens (including phenoxy) is 1. The minimum atomic E-state index is -1.17. The fraction of sp³-hybridized carbons (Fsp3) is 0.571. The monoisotopic (exact) mass is 332 g/mol. The number of aliphatic hydroxyl groups excluding tert-OH is 1. The third-order valence-corrected chi connectivity index (χ3v) is 5.57. The van der Waals surface area contributed by atoms with Crippen LogP contribution < -0.4 is 10.6 Å². The Kier molecular flexibility index (Phi) is 4.89. The standard InChI is InChI=1S/C14H22ClN2O3P/c1-8-9(7-16-14(19)17-8)13-11(15)12(18)10(20-13)5-6-21(2,3)4/h7,10-13,18H,1-2,5-6H2,3-4H3,(H2,16,17,19)/t10-,11-,12-,13+/m1/s1. The van der Waals surface area contributed by atoms with E-state index in [1.807, 2.05) is 0 Å². The molecule has 0 saturated carbocycles. The summed E-state index contributed by atoms with van der Waals surface area (Å²) in [7, 11) is 0. The second-order valence-electron chi connectivity index (χ2n) is 6.15. The highest BCUT2D eigenvalue weighted by Crippen LogP contribution is 2.40. The van der Waals surface area contributed by atoms with Gasteiger partial charge >= 0.3 is 6.03 Å². The molecule has 0 unspecified atom stereocenters. The van der Waals surface area contributed by atoms with Crippen molar-refractivity contribution >= 4 is 30.8 Å². The third-order valence-electron chi connectivity index (χ3n) is 3.61. The number of carbonyl (C=O) groups is 1. The van der Waals surface area contributed by atoms with E-state index in [1.54, 1.807) is 0 Å². The first kappa shape index (κ1) is 16.6. The van der Waals surface area contributed by atoms with Crippen LogP contribution in [0.25, 0.3) is 0 Å². The molecule has 1 saturated heterocycles. The van der Waals surface area contributed by atoms with Gasteiger partial charge in [-0.3, -0.25) is 0 Å². The summed E-state index contributed by atoms with van der Waals surface area (Å²) >= 11 is 6.30. The van der Waals surface area contributed by atoms with E-state index in [1.165, 1.54) is 6.20 Å². The van der Waals surface area contributed by atoms with Crippen LogP contribution in [-0.2, 0) is 4.74 Å². The number of aliphatic hydroxyl groups is 1. The molecule has 21 heavy (non-hydrogen) atoms. The van der Waals surface area contributed by atoms with Gasteiger partial charge in [-0.25, -0.2) is 4.79 Å². The molecule has 2 rings (SSSR count). The number of hydrogen-bond donors (Lipinski definition) is 3. The van der Waals surface area contributed by atoms with Gasteiger partial charge in [-0.2, -0.15) is 0 Å². The molecule has 118 valence electrons. The van der Waals surface area contributed by atoms with Crippen LogP contribution in [0.4, 0.5) is 4.79 Å². The number of alkyl halides is 1. The number of hydrogen-bond acceptors (Lipinski definition) is 3. The molecular formula is C14H22ClN2O3P. The van der Waals surface area contributed by atoms with Crippen molar-refractivity contribution in [1.29, 1.82) is 0 Å². The van der Waals surface area contributed by atoms with Crippen molar-refractivity contribution in [3.8, 4) is 0 Å². The van der Waals surface area contributed by atoms with Gasteiger partial charge < -0.3 is 20.5 Å². The third kappa shape index (κ3) is 3.92. The first-order valence-electron chi connectivity index (χ1n) is 6.81. The van der Waals surface area contributed by atoms with Crippen molar-refractivity contribution in [3.05, 3.63) is 24.0 Å². The maximum atomic E-state index is 11.2. The summed E-state index contributed by atoms with van der Waals surface area (Å²) in [4.78, 5) is 11.2. The predicted octanol–water partition coefficient (Wildman–Crippen LogP) is 1.53. The lowest BCUT2D eigenvalue weighted by Crippen LogP contribution is -2.40. The molecule has 0 aliphatic carbocycles. The fourth-order valence-electron chi connectivity index (χ4n) is 2.42. The summed E-state index contributed by atoms with van der Waals surface area (Å²) in [6.45, 7) is 6.92. The largest absolute Gasteiger partial charge is 0.389 e. The molecule has 0 bridgehead atoms. The highest BCUT2D eigenvalue weighted by atomic mass is 35.5. The average Bonchev–Trinajstić information content (AvgIpc) is 2.64. The van der Waals surface area contributed by atoms with E-state index in [0.717, 1.165) is 12.6 Å². The van der Waals surface area contributed by atoms with E-state index in [-0.39, 0.29) is 12.1 Å². The maximum absolute atomic E-state index is 11.2. The lowest BCUT2D eigenvalue weighted by molar-refractivity contribution is 0.0202. The van der Waals surface area contributed by atoms with Gasteiger partial charge in [-0.05, 0) is 25.9 Å². The van der Waals surface area contributed by atoms with E-state index in [4.69, 9.17) is 16.3 Å². The van der Waals surface area contributed by atoms with Crippen molar-refractivity contribution in [3.63, 3.8) is 0 Å². The number of rotatable bonds is 4. The molecule has 2 aliphatic rings. The molecule has 2 heterocycles. The number of urea groups is 1. The van der Waals surface area contributed by atoms with E-state index in [2.05, 4.69) is 36.8 Å². The van der Waals surface area contributed by atoms with Gasteiger partial charge in [-0.15, -0.1) is 24.8 Å². The molecule has 7 heteroatoms. The number of halogens is 1. The quantitative estimate of drug-likeness (QED) is 0.540. The Hall–Kier alpha value is -0.740. The number of amides is 2. The second kappa shape index (κ2) is 6.17. The number of nitrogens with one attached hydrogen (secondary N) is 2. The zero-order valence-corrected chi connectivity index (χ0v) is 14.0. The average molecular weight is 333 g/mol. The van der Waals surface area contributed by atoms with Crippen molar-refractivity contribution < 1.29 is 14.6 Å². The van der Waals surface area contributed by atoms with Crippen LogP contribution in [-0.4, -0.2) is 60.6 Å². The zero-order chi connectivity index (χ0) is 15.8. The molecule has 0 radical (unpaired) electrons. The Labute approximate surface area is 130 Å². The minimum Gasteiger partial charge on any atom is -0.389 e. The molecule has 0 aromatic heterocycles. The molecule has 0 aromatic carbocycles. The molecule has 0 aromatic rings. The summed E-state index contributed by atoms with van der Waals surface area (Å²) < 4.78 is 5.91. The molecule has 3 N–H and O–H groups in total. The molecule has 4 atom stereocenters. The Bertz CT molecular complexity index is 528. The van der Waals surface area contributed by atoms with Crippen LogP contribution in [0, 0.1) is 0 Å². The van der Waals surface area contributed by atoms with Gasteiger partial charge in [0.15, 0.2) is 0 Å². The second-order valence-corrected chi connectivity index (χ2v) is 11.0. The summed E-state index contributed by atoms with van der Waals surface area (Å²) in [6.07, 6.45) is 5.81. The van der Waals surface area contributed by atoms with Gasteiger partial charge in [-0.1, -0.05) is 6.58 Å². The zero-order valence-electron chi connectivity index (χ0n) is 12.3. The minimum absolute atomic E-state index is 0.315. The van der Waals surface area contributed by atoms with E-state index >= 15 is 0 Å². The maximum Gasteiger partial charge on any atom is 0.323 e. The van der Waals surface area contributed by atoms with E-state index in [0.29, 0.717) is 11.3 Å². The van der Waals surface area contributed by atoms with E-state index < -0.39 is 24.5 Å². The van der Waals surface area contributed by atoms with Crippen LogP contribution in [0.15, 0.2) is 24.0 Å². The highest BCUT2D eigenvalue weighted by molar-refractivity contribution is 7.72. The molecular weight excluding hydrogens is 311 g/mol. The summed E-state index contributed by atoms with van der Waals surface area (Å²) in [5, 5.41) is 14.8. The lowest BCUT2D eigenvalue weighted by Gasteiger charge is -2.24. The summed E-state index contributed by atoms with van der Waals surface area (Å²) in [5.41, 5.74) is 1.12. The van der Waals surface area contributed by atoms with Gasteiger partial charge in [0.25, 0.3) is 0 Å². The Morgan fingerprint density at radius 2 is 2.19 bits per heavy atom. The van der Waals surface area contributed by atoms with Crippen LogP contribution in [0.3, 0.4) is 0 Å². The fourth-order valence-corrected chi connectivity index (χ4v) is 3.73. The smallest absolute Gasteiger partial charge is 0.323 e. The Balaban J connectivity index is 2.08. The van der Waals surface area contributed by atoms with Crippen LogP contribution >= 0.6 is 18.5 Å². The lowest BCUT2D eigenvalue weighted by atomic mass is 10.0. The predicted molar refractivity (Wildman–Crippen MR) is 88.6 cm³/mol. The highest BCUT2D eigenvalue weighted by Gasteiger charge is 2.45. The van der Waals surface area contributed by atoms with Crippen LogP contribution in [0.1, 0.15) is 6.42 Å². The van der Waals surface area contributed by atoms with Gasteiger partial charge in [0, 0.05) is 17.5 Å². The SMILES string of the molecule is C=C1NC(=O)NC=C1[C@@H]1O[C@H](CCP(=C)(C)C)[C@@H](O)[C@H]1Cl. The normalized spacial score (nSPS) is 33.4. The topological polar surface area (TPSA) is 70.6 Å². The van der Waals surface area contributed by atoms with Crippen molar-refractivity contribution in [2.24, 2.45) is 0 Å². The molecule has 1 fully saturated rings. The molecule has 2 aliphatic heterocycles. The first-order valence-corrected chi connectivity index (χ1v) is 10.3. The number of carbonyl (C=O) groups excluding carboxylic acids is 1. The molecule has 5 nitrogen and oxygen atoms in total. The van der Waals surface area contributed by atoms with Crippen LogP contribution in [0.5, 0.6) is 0 Å². The Morgan fingerprint density at radius 1 is 1.52 bits per heavy atom. The van der Waals surface area contributed by atoms with Gasteiger partial charge in [0.2, 0.25) is 0 Å². The van der Waals surface area contributed by atoms with E-state index in [9.17, 15) is 9.90 Å². The van der Waals surface area contributed by atoms with Crippen molar-refractivity contribution in [2.75, 3.05) is 19.5 Å². The Morgan fingerprint density at radius 3 is 2.76 bits per heavy atom. The summed E-state index contributed by atoms with van der Waals surface area (Å²) in [5.74, 6) is 0. The van der Waals surface area contributed by atoms with Gasteiger partial charge in [0.1, 0.15) is 6.10 Å². The van der Waals surface area contributed by atoms with Gasteiger partial charge in [0.05, 0.1) is 17.6 Å². The molecule has 0 spiro atoms. The molecule has 2 amide bonds. The van der Waals surface area contributed by atoms with Crippen molar-refractivity contribution in [1.82, 2.24) is 10.6 Å². The van der Waals surface area contributed by atoms with Crippen molar-refractivity contribution in [2.45, 2.75) is 30.1 Å².